The summed E-state index contributed by atoms with van der Waals surface area (Å²) < 4.78 is 7.76. The Morgan fingerprint density at radius 3 is 2.53 bits per heavy atom. The Labute approximate surface area is 188 Å². The molecule has 3 aromatic rings. The molecule has 5 rings (SSSR count). The largest absolute Gasteiger partial charge is 0.460 e. The van der Waals surface area contributed by atoms with Crippen LogP contribution in [0.2, 0.25) is 0 Å². The van der Waals surface area contributed by atoms with E-state index in [0.717, 1.165) is 48.2 Å². The van der Waals surface area contributed by atoms with Crippen molar-refractivity contribution in [3.63, 3.8) is 0 Å². The Morgan fingerprint density at radius 1 is 1.09 bits per heavy atom. The number of aryl methyl sites for hydroxylation is 2. The monoisotopic (exact) mass is 433 g/mol. The molecule has 0 radical (unpaired) electrons. The Morgan fingerprint density at radius 2 is 1.81 bits per heavy atom. The van der Waals surface area contributed by atoms with E-state index >= 15 is 0 Å². The van der Waals surface area contributed by atoms with Gasteiger partial charge in [0.1, 0.15) is 17.0 Å². The highest BCUT2D eigenvalue weighted by molar-refractivity contribution is 6.14. The summed E-state index contributed by atoms with van der Waals surface area (Å²) in [7, 11) is 0. The minimum Gasteiger partial charge on any atom is -0.460 e. The number of carbonyl (C=O) groups excluding carboxylic acids is 2. The van der Waals surface area contributed by atoms with Gasteiger partial charge in [0, 0.05) is 23.9 Å². The average Bonchev–Trinajstić information content (AvgIpc) is 3.15. The molecular weight excluding hydrogens is 402 g/mol. The number of furan rings is 1. The van der Waals surface area contributed by atoms with E-state index in [1.54, 1.807) is 11.0 Å². The van der Waals surface area contributed by atoms with E-state index in [4.69, 9.17) is 4.42 Å². The number of para-hydroxylation sites is 1. The summed E-state index contributed by atoms with van der Waals surface area (Å²) in [5.41, 5.74) is 2.79. The van der Waals surface area contributed by atoms with Gasteiger partial charge in [0.05, 0.1) is 12.1 Å². The highest BCUT2D eigenvalue weighted by Crippen LogP contribution is 2.38. The number of nitrogens with one attached hydrogen (secondary N) is 1. The van der Waals surface area contributed by atoms with Gasteiger partial charge in [-0.05, 0) is 45.2 Å². The van der Waals surface area contributed by atoms with Crippen LogP contribution in [0.4, 0.5) is 5.69 Å². The van der Waals surface area contributed by atoms with Crippen molar-refractivity contribution in [1.82, 2.24) is 9.88 Å². The molecule has 3 heterocycles. The maximum Gasteiger partial charge on any atom is 0.276 e. The standard InChI is InChI=1S/C26H31N3O3/c1-17-10-8-9-13-20(17)29-24(30)22-15-23-21(14-18(2)32-23)28(22)16-26(29,3)25(31)27-19-11-6-4-5-7-12-19/h8-10,13-15,19H,4-7,11-12,16H2,1-3H3,(H,27,31)/t26-/m1/s1. The Balaban J connectivity index is 1.60. The van der Waals surface area contributed by atoms with Crippen molar-refractivity contribution in [1.29, 1.82) is 0 Å². The summed E-state index contributed by atoms with van der Waals surface area (Å²) in [6.45, 7) is 6.15. The Bertz CT molecular complexity index is 1180. The van der Waals surface area contributed by atoms with Crippen molar-refractivity contribution < 1.29 is 14.0 Å². The van der Waals surface area contributed by atoms with Crippen molar-refractivity contribution in [3.05, 3.63) is 53.4 Å². The van der Waals surface area contributed by atoms with Crippen LogP contribution in [0.3, 0.4) is 0 Å². The third-order valence-corrected chi connectivity index (χ3v) is 7.13. The molecule has 0 spiro atoms. The molecule has 1 aromatic carbocycles. The van der Waals surface area contributed by atoms with Gasteiger partial charge in [-0.25, -0.2) is 0 Å². The van der Waals surface area contributed by atoms with E-state index in [1.165, 1.54) is 12.8 Å². The zero-order valence-corrected chi connectivity index (χ0v) is 19.1. The molecule has 1 saturated carbocycles. The first-order valence-corrected chi connectivity index (χ1v) is 11.7. The van der Waals surface area contributed by atoms with E-state index in [1.807, 2.05) is 55.7 Å². The predicted molar refractivity (Wildman–Crippen MR) is 125 cm³/mol. The molecule has 1 fully saturated rings. The molecule has 0 saturated heterocycles. The molecular formula is C26H31N3O3. The van der Waals surface area contributed by atoms with E-state index in [2.05, 4.69) is 5.32 Å². The fourth-order valence-corrected chi connectivity index (χ4v) is 5.36. The van der Waals surface area contributed by atoms with Crippen LogP contribution in [0, 0.1) is 13.8 Å². The van der Waals surface area contributed by atoms with Gasteiger partial charge in [-0.15, -0.1) is 0 Å². The Kier molecular flexibility index (Phi) is 5.11. The fourth-order valence-electron chi connectivity index (χ4n) is 5.36. The van der Waals surface area contributed by atoms with Gasteiger partial charge < -0.3 is 14.3 Å². The van der Waals surface area contributed by atoms with Gasteiger partial charge in [0.25, 0.3) is 5.91 Å². The number of fused-ring (bicyclic) bond motifs is 3. The number of amides is 2. The number of rotatable bonds is 3. The van der Waals surface area contributed by atoms with E-state index in [-0.39, 0.29) is 17.9 Å². The maximum absolute atomic E-state index is 13.9. The second-order valence-corrected chi connectivity index (χ2v) is 9.59. The molecule has 2 amide bonds. The lowest BCUT2D eigenvalue weighted by Crippen LogP contribution is -2.65. The van der Waals surface area contributed by atoms with Crippen LogP contribution >= 0.6 is 0 Å². The summed E-state index contributed by atoms with van der Waals surface area (Å²) >= 11 is 0. The van der Waals surface area contributed by atoms with Crippen LogP contribution in [0.1, 0.15) is 67.3 Å². The number of hydrogen-bond donors (Lipinski definition) is 1. The lowest BCUT2D eigenvalue weighted by Gasteiger charge is -2.45. The van der Waals surface area contributed by atoms with Gasteiger partial charge >= 0.3 is 0 Å². The molecule has 1 aliphatic carbocycles. The number of benzene rings is 1. The molecule has 6 nitrogen and oxygen atoms in total. The fraction of sp³-hybridized carbons (Fsp3) is 0.462. The lowest BCUT2D eigenvalue weighted by atomic mass is 9.92. The second kappa shape index (κ2) is 7.84. The highest BCUT2D eigenvalue weighted by Gasteiger charge is 2.49. The van der Waals surface area contributed by atoms with Gasteiger partial charge in [0.15, 0.2) is 5.58 Å². The van der Waals surface area contributed by atoms with Crippen LogP contribution in [0.25, 0.3) is 11.1 Å². The van der Waals surface area contributed by atoms with Crippen molar-refractivity contribution in [3.8, 4) is 0 Å². The number of hydrogen-bond acceptors (Lipinski definition) is 3. The molecule has 6 heteroatoms. The van der Waals surface area contributed by atoms with Gasteiger partial charge in [-0.2, -0.15) is 0 Å². The zero-order valence-electron chi connectivity index (χ0n) is 19.1. The topological polar surface area (TPSA) is 67.5 Å². The third kappa shape index (κ3) is 3.33. The van der Waals surface area contributed by atoms with Crippen LogP contribution in [0.15, 0.2) is 40.8 Å². The summed E-state index contributed by atoms with van der Waals surface area (Å²) in [6, 6.07) is 11.7. The zero-order chi connectivity index (χ0) is 22.5. The number of carbonyl (C=O) groups is 2. The first-order valence-electron chi connectivity index (χ1n) is 11.7. The van der Waals surface area contributed by atoms with Crippen molar-refractivity contribution in [2.45, 2.75) is 77.4 Å². The number of nitrogens with zero attached hydrogens (tertiary/aromatic N) is 2. The van der Waals surface area contributed by atoms with E-state index < -0.39 is 5.54 Å². The third-order valence-electron chi connectivity index (χ3n) is 7.13. The summed E-state index contributed by atoms with van der Waals surface area (Å²) in [6.07, 6.45) is 6.72. The van der Waals surface area contributed by atoms with Gasteiger partial charge in [-0.3, -0.25) is 14.5 Å². The quantitative estimate of drug-likeness (QED) is 0.584. The first kappa shape index (κ1) is 20.9. The number of anilines is 1. The van der Waals surface area contributed by atoms with E-state index in [0.29, 0.717) is 17.8 Å². The second-order valence-electron chi connectivity index (χ2n) is 9.59. The Hall–Kier alpha value is -3.02. The molecule has 168 valence electrons. The smallest absolute Gasteiger partial charge is 0.276 e. The highest BCUT2D eigenvalue weighted by atomic mass is 16.3. The van der Waals surface area contributed by atoms with Gasteiger partial charge in [0.2, 0.25) is 5.91 Å². The lowest BCUT2D eigenvalue weighted by molar-refractivity contribution is -0.127. The predicted octanol–water partition coefficient (Wildman–Crippen LogP) is 5.11. The molecule has 1 N–H and O–H groups in total. The van der Waals surface area contributed by atoms with Crippen LogP contribution in [-0.2, 0) is 11.3 Å². The summed E-state index contributed by atoms with van der Waals surface area (Å²) in [5.74, 6) is 0.533. The molecule has 32 heavy (non-hydrogen) atoms. The molecule has 2 aliphatic rings. The molecule has 0 unspecified atom stereocenters. The SMILES string of the molecule is Cc1cc2c(cc3n2C[C@](C)(C(=O)NC2CCCCCC2)N(c2ccccc2C)C3=O)o1. The molecule has 1 atom stereocenters. The van der Waals surface area contributed by atoms with Crippen molar-refractivity contribution in [2.24, 2.45) is 0 Å². The van der Waals surface area contributed by atoms with Gasteiger partial charge in [-0.1, -0.05) is 43.9 Å². The van der Waals surface area contributed by atoms with Crippen molar-refractivity contribution in [2.75, 3.05) is 4.90 Å². The summed E-state index contributed by atoms with van der Waals surface area (Å²) in [5, 5.41) is 3.32. The van der Waals surface area contributed by atoms with Crippen LogP contribution in [0.5, 0.6) is 0 Å². The molecule has 2 aromatic heterocycles. The van der Waals surface area contributed by atoms with Crippen LogP contribution in [-0.4, -0.2) is 28.0 Å². The summed E-state index contributed by atoms with van der Waals surface area (Å²) in [4.78, 5) is 29.4. The minimum absolute atomic E-state index is 0.0891. The normalized spacial score (nSPS) is 22.1. The van der Waals surface area contributed by atoms with E-state index in [9.17, 15) is 9.59 Å². The van der Waals surface area contributed by atoms with Crippen molar-refractivity contribution >= 4 is 28.6 Å². The average molecular weight is 434 g/mol. The molecule has 1 aliphatic heterocycles. The number of aromatic nitrogens is 1. The minimum atomic E-state index is -1.06. The molecule has 0 bridgehead atoms. The first-order chi connectivity index (χ1) is 15.4. The maximum atomic E-state index is 13.9. The van der Waals surface area contributed by atoms with Crippen LogP contribution < -0.4 is 10.2 Å².